The van der Waals surface area contributed by atoms with Gasteiger partial charge in [-0.1, -0.05) is 0 Å². The van der Waals surface area contributed by atoms with E-state index in [0.29, 0.717) is 11.9 Å². The molecule has 1 aromatic heterocycles. The van der Waals surface area contributed by atoms with Gasteiger partial charge in [-0.3, -0.25) is 0 Å². The second-order valence-corrected chi connectivity index (χ2v) is 3.28. The summed E-state index contributed by atoms with van der Waals surface area (Å²) in [5.74, 6) is 1.38. The van der Waals surface area contributed by atoms with Gasteiger partial charge in [0.2, 0.25) is 0 Å². The van der Waals surface area contributed by atoms with Crippen LogP contribution in [0, 0.1) is 0 Å². The van der Waals surface area contributed by atoms with Crippen molar-refractivity contribution in [3.8, 4) is 0 Å². The molecule has 0 spiro atoms. The summed E-state index contributed by atoms with van der Waals surface area (Å²) in [4.78, 5) is 10.5. The van der Waals surface area contributed by atoms with Gasteiger partial charge in [-0.25, -0.2) is 9.97 Å². The van der Waals surface area contributed by atoms with Gasteiger partial charge >= 0.3 is 0 Å². The van der Waals surface area contributed by atoms with Crippen LogP contribution < -0.4 is 10.6 Å². The maximum atomic E-state index is 5.75. The van der Waals surface area contributed by atoms with Gasteiger partial charge in [0, 0.05) is 25.0 Å². The van der Waals surface area contributed by atoms with Crippen molar-refractivity contribution >= 4 is 11.6 Å². The van der Waals surface area contributed by atoms with E-state index < -0.39 is 0 Å². The maximum absolute atomic E-state index is 5.75. The first-order chi connectivity index (χ1) is 6.33. The standard InChI is InChI=1S/C9H14N4/c1-2-13(7-3-4-7)9-8(10)11-5-6-12-9/h5-7H,2-4H2,1H3,(H2,10,11). The lowest BCUT2D eigenvalue weighted by Gasteiger charge is -2.21. The Labute approximate surface area is 77.8 Å². The molecule has 0 bridgehead atoms. The first-order valence-electron chi connectivity index (χ1n) is 4.66. The number of nitrogen functional groups attached to an aromatic ring is 1. The van der Waals surface area contributed by atoms with Crippen LogP contribution in [0.15, 0.2) is 12.4 Å². The second kappa shape index (κ2) is 3.20. The molecule has 1 aromatic rings. The summed E-state index contributed by atoms with van der Waals surface area (Å²) in [7, 11) is 0. The lowest BCUT2D eigenvalue weighted by Crippen LogP contribution is -2.27. The Morgan fingerprint density at radius 2 is 2.15 bits per heavy atom. The fraction of sp³-hybridized carbons (Fsp3) is 0.556. The van der Waals surface area contributed by atoms with E-state index >= 15 is 0 Å². The van der Waals surface area contributed by atoms with Crippen LogP contribution in [0.5, 0.6) is 0 Å². The van der Waals surface area contributed by atoms with Crippen LogP contribution in [0.4, 0.5) is 11.6 Å². The van der Waals surface area contributed by atoms with E-state index in [-0.39, 0.29) is 0 Å². The van der Waals surface area contributed by atoms with Crippen molar-refractivity contribution in [3.05, 3.63) is 12.4 Å². The molecule has 4 heteroatoms. The van der Waals surface area contributed by atoms with Crippen molar-refractivity contribution in [1.29, 1.82) is 0 Å². The molecule has 0 radical (unpaired) electrons. The Hall–Kier alpha value is -1.32. The highest BCUT2D eigenvalue weighted by atomic mass is 15.2. The van der Waals surface area contributed by atoms with Gasteiger partial charge in [0.1, 0.15) is 0 Å². The Kier molecular flexibility index (Phi) is 2.04. The molecule has 70 valence electrons. The Morgan fingerprint density at radius 1 is 1.46 bits per heavy atom. The molecule has 1 fully saturated rings. The lowest BCUT2D eigenvalue weighted by molar-refractivity contribution is 0.806. The summed E-state index contributed by atoms with van der Waals surface area (Å²) in [6.07, 6.45) is 5.82. The van der Waals surface area contributed by atoms with Crippen LogP contribution in [0.3, 0.4) is 0 Å². The van der Waals surface area contributed by atoms with Crippen LogP contribution in [-0.4, -0.2) is 22.6 Å². The molecule has 0 unspecified atom stereocenters. The highest BCUT2D eigenvalue weighted by molar-refractivity contribution is 5.58. The van der Waals surface area contributed by atoms with Gasteiger partial charge < -0.3 is 10.6 Å². The third-order valence-electron chi connectivity index (χ3n) is 2.31. The number of nitrogens with two attached hydrogens (primary N) is 1. The van der Waals surface area contributed by atoms with Crippen molar-refractivity contribution in [2.24, 2.45) is 0 Å². The van der Waals surface area contributed by atoms with E-state index in [1.807, 2.05) is 0 Å². The van der Waals surface area contributed by atoms with Gasteiger partial charge in [0.05, 0.1) is 0 Å². The smallest absolute Gasteiger partial charge is 0.171 e. The molecule has 2 N–H and O–H groups in total. The summed E-state index contributed by atoms with van der Waals surface area (Å²) in [5, 5.41) is 0. The highest BCUT2D eigenvalue weighted by Crippen LogP contribution is 2.31. The monoisotopic (exact) mass is 178 g/mol. The predicted octanol–water partition coefficient (Wildman–Crippen LogP) is 1.05. The molecule has 4 nitrogen and oxygen atoms in total. The van der Waals surface area contributed by atoms with Crippen molar-refractivity contribution in [2.45, 2.75) is 25.8 Å². The molecule has 0 aliphatic heterocycles. The molecule has 0 atom stereocenters. The Bertz CT molecular complexity index is 295. The van der Waals surface area contributed by atoms with E-state index in [0.717, 1.165) is 12.4 Å². The molecule has 13 heavy (non-hydrogen) atoms. The molecule has 0 aromatic carbocycles. The number of nitrogens with zero attached hydrogens (tertiary/aromatic N) is 3. The predicted molar refractivity (Wildman–Crippen MR) is 52.5 cm³/mol. The van der Waals surface area contributed by atoms with Crippen LogP contribution in [0.25, 0.3) is 0 Å². The molecular formula is C9H14N4. The minimum atomic E-state index is 0.538. The van der Waals surface area contributed by atoms with E-state index in [1.165, 1.54) is 12.8 Å². The van der Waals surface area contributed by atoms with Crippen molar-refractivity contribution < 1.29 is 0 Å². The van der Waals surface area contributed by atoms with Crippen molar-refractivity contribution in [2.75, 3.05) is 17.2 Å². The summed E-state index contributed by atoms with van der Waals surface area (Å²) in [6.45, 7) is 3.07. The van der Waals surface area contributed by atoms with Crippen LogP contribution >= 0.6 is 0 Å². The Morgan fingerprint density at radius 3 is 2.69 bits per heavy atom. The normalized spacial score (nSPS) is 15.8. The van der Waals surface area contributed by atoms with E-state index in [4.69, 9.17) is 5.73 Å². The molecule has 0 amide bonds. The van der Waals surface area contributed by atoms with Crippen LogP contribution in [-0.2, 0) is 0 Å². The van der Waals surface area contributed by atoms with E-state index in [2.05, 4.69) is 21.8 Å². The number of aromatic nitrogens is 2. The number of rotatable bonds is 3. The zero-order valence-corrected chi connectivity index (χ0v) is 7.77. The Balaban J connectivity index is 2.26. The van der Waals surface area contributed by atoms with Crippen LogP contribution in [0.2, 0.25) is 0 Å². The summed E-state index contributed by atoms with van der Waals surface area (Å²) >= 11 is 0. The molecular weight excluding hydrogens is 164 g/mol. The molecule has 1 aliphatic rings. The third-order valence-corrected chi connectivity index (χ3v) is 2.31. The molecule has 1 saturated carbocycles. The highest BCUT2D eigenvalue weighted by Gasteiger charge is 2.29. The topological polar surface area (TPSA) is 55.0 Å². The zero-order valence-electron chi connectivity index (χ0n) is 7.77. The lowest BCUT2D eigenvalue weighted by atomic mass is 10.4. The maximum Gasteiger partial charge on any atom is 0.171 e. The van der Waals surface area contributed by atoms with Crippen molar-refractivity contribution in [3.63, 3.8) is 0 Å². The summed E-state index contributed by atoms with van der Waals surface area (Å²) < 4.78 is 0. The fourth-order valence-electron chi connectivity index (χ4n) is 1.53. The SMILES string of the molecule is CCN(c1nccnc1N)C1CC1. The average Bonchev–Trinajstić information content (AvgIpc) is 2.93. The van der Waals surface area contributed by atoms with Gasteiger partial charge in [0.15, 0.2) is 11.6 Å². The van der Waals surface area contributed by atoms with Gasteiger partial charge in [-0.15, -0.1) is 0 Å². The van der Waals surface area contributed by atoms with Gasteiger partial charge in [0.25, 0.3) is 0 Å². The quantitative estimate of drug-likeness (QED) is 0.751. The van der Waals surface area contributed by atoms with Gasteiger partial charge in [-0.05, 0) is 19.8 Å². The van der Waals surface area contributed by atoms with Gasteiger partial charge in [-0.2, -0.15) is 0 Å². The number of hydrogen-bond donors (Lipinski definition) is 1. The van der Waals surface area contributed by atoms with Crippen molar-refractivity contribution in [1.82, 2.24) is 9.97 Å². The fourth-order valence-corrected chi connectivity index (χ4v) is 1.53. The molecule has 1 aliphatic carbocycles. The second-order valence-electron chi connectivity index (χ2n) is 3.28. The number of anilines is 2. The largest absolute Gasteiger partial charge is 0.381 e. The molecule has 1 heterocycles. The zero-order chi connectivity index (χ0) is 9.26. The number of hydrogen-bond acceptors (Lipinski definition) is 4. The van der Waals surface area contributed by atoms with Crippen LogP contribution in [0.1, 0.15) is 19.8 Å². The minimum absolute atomic E-state index is 0.538. The average molecular weight is 178 g/mol. The summed E-state index contributed by atoms with van der Waals surface area (Å²) in [5.41, 5.74) is 5.75. The first kappa shape index (κ1) is 8.29. The van der Waals surface area contributed by atoms with E-state index in [1.54, 1.807) is 12.4 Å². The minimum Gasteiger partial charge on any atom is -0.381 e. The first-order valence-corrected chi connectivity index (χ1v) is 4.66. The van der Waals surface area contributed by atoms with E-state index in [9.17, 15) is 0 Å². The molecule has 0 saturated heterocycles. The summed E-state index contributed by atoms with van der Waals surface area (Å²) in [6, 6.07) is 0.643. The third kappa shape index (κ3) is 1.56. The molecule has 2 rings (SSSR count).